The van der Waals surface area contributed by atoms with Crippen LogP contribution < -0.4 is 5.32 Å². The first-order chi connectivity index (χ1) is 13.1. The third kappa shape index (κ3) is 3.33. The van der Waals surface area contributed by atoms with E-state index in [9.17, 15) is 9.59 Å². The van der Waals surface area contributed by atoms with E-state index in [1.165, 1.54) is 0 Å². The number of fused-ring (bicyclic) bond motifs is 1. The molecule has 0 radical (unpaired) electrons. The molecule has 1 N–H and O–H groups in total. The maximum absolute atomic E-state index is 12.6. The van der Waals surface area contributed by atoms with Crippen LogP contribution in [0.25, 0.3) is 0 Å². The number of carbonyl (C=O) groups is 2. The van der Waals surface area contributed by atoms with E-state index in [1.54, 1.807) is 46.3 Å². The van der Waals surface area contributed by atoms with Gasteiger partial charge in [-0.2, -0.15) is 0 Å². The molecule has 2 amide bonds. The van der Waals surface area contributed by atoms with Crippen molar-refractivity contribution in [3.8, 4) is 0 Å². The summed E-state index contributed by atoms with van der Waals surface area (Å²) in [6.07, 6.45) is 6.83. The van der Waals surface area contributed by atoms with Crippen LogP contribution in [0.2, 0.25) is 0 Å². The number of hydrogen-bond donors (Lipinski definition) is 1. The lowest BCUT2D eigenvalue weighted by atomic mass is 10.2. The lowest BCUT2D eigenvalue weighted by Crippen LogP contribution is -2.39. The van der Waals surface area contributed by atoms with Crippen LogP contribution >= 0.6 is 0 Å². The number of imidazole rings is 1. The second-order valence-electron chi connectivity index (χ2n) is 6.47. The summed E-state index contributed by atoms with van der Waals surface area (Å²) in [7, 11) is 1.84. The van der Waals surface area contributed by atoms with Crippen LogP contribution in [-0.4, -0.2) is 42.4 Å². The third-order valence-electron chi connectivity index (χ3n) is 4.75. The predicted molar refractivity (Wildman–Crippen MR) is 97.8 cm³/mol. The van der Waals surface area contributed by atoms with Gasteiger partial charge in [-0.15, -0.1) is 0 Å². The van der Waals surface area contributed by atoms with E-state index in [4.69, 9.17) is 0 Å². The molecule has 0 atom stereocenters. The number of aromatic nitrogens is 4. The molecule has 4 rings (SSSR count). The Bertz CT molecular complexity index is 975. The van der Waals surface area contributed by atoms with Gasteiger partial charge < -0.3 is 19.4 Å². The van der Waals surface area contributed by atoms with Crippen molar-refractivity contribution in [2.75, 3.05) is 6.54 Å². The van der Waals surface area contributed by atoms with Gasteiger partial charge in [0.1, 0.15) is 11.5 Å². The number of carbonyl (C=O) groups excluding carboxylic acids is 2. The molecule has 8 nitrogen and oxygen atoms in total. The number of pyridine rings is 1. The highest BCUT2D eigenvalue weighted by Crippen LogP contribution is 2.16. The molecule has 0 unspecified atom stereocenters. The SMILES string of the molecule is Cn1cccc1C(=O)NCc1cnc2n1CCN(C(=O)c1cccnc1)C2. The molecular formula is C19H20N6O2. The highest BCUT2D eigenvalue weighted by Gasteiger charge is 2.24. The van der Waals surface area contributed by atoms with Gasteiger partial charge >= 0.3 is 0 Å². The zero-order valence-electron chi connectivity index (χ0n) is 15.0. The summed E-state index contributed by atoms with van der Waals surface area (Å²) in [6.45, 7) is 2.08. The van der Waals surface area contributed by atoms with E-state index in [1.807, 2.05) is 19.3 Å². The van der Waals surface area contributed by atoms with Crippen LogP contribution in [0.3, 0.4) is 0 Å². The number of nitrogens with one attached hydrogen (secondary N) is 1. The zero-order valence-corrected chi connectivity index (χ0v) is 15.0. The van der Waals surface area contributed by atoms with E-state index in [0.717, 1.165) is 11.5 Å². The largest absolute Gasteiger partial charge is 0.347 e. The summed E-state index contributed by atoms with van der Waals surface area (Å²) in [5.74, 6) is 0.653. The Kier molecular flexibility index (Phi) is 4.45. The van der Waals surface area contributed by atoms with Gasteiger partial charge in [0, 0.05) is 38.7 Å². The summed E-state index contributed by atoms with van der Waals surface area (Å²) in [6, 6.07) is 7.14. The molecule has 0 saturated carbocycles. The summed E-state index contributed by atoms with van der Waals surface area (Å²) in [5, 5.41) is 2.93. The molecule has 1 aliphatic rings. The lowest BCUT2D eigenvalue weighted by molar-refractivity contribution is 0.0706. The number of nitrogens with zero attached hydrogens (tertiary/aromatic N) is 5. The maximum Gasteiger partial charge on any atom is 0.268 e. The molecule has 0 aliphatic carbocycles. The van der Waals surface area contributed by atoms with Crippen molar-refractivity contribution in [3.05, 3.63) is 71.8 Å². The molecule has 3 aromatic heterocycles. The van der Waals surface area contributed by atoms with Crippen LogP contribution in [0.5, 0.6) is 0 Å². The quantitative estimate of drug-likeness (QED) is 0.754. The van der Waals surface area contributed by atoms with Gasteiger partial charge in [0.2, 0.25) is 0 Å². The highest BCUT2D eigenvalue weighted by atomic mass is 16.2. The normalized spacial score (nSPS) is 13.3. The molecule has 0 fully saturated rings. The minimum Gasteiger partial charge on any atom is -0.347 e. The number of rotatable bonds is 4. The molecule has 0 bridgehead atoms. The van der Waals surface area contributed by atoms with Crippen LogP contribution in [0.1, 0.15) is 32.4 Å². The molecule has 4 heterocycles. The first-order valence-electron chi connectivity index (χ1n) is 8.75. The van der Waals surface area contributed by atoms with E-state index >= 15 is 0 Å². The summed E-state index contributed by atoms with van der Waals surface area (Å²) in [5.41, 5.74) is 2.12. The summed E-state index contributed by atoms with van der Waals surface area (Å²) in [4.78, 5) is 35.1. The molecule has 0 aromatic carbocycles. The van der Waals surface area contributed by atoms with Crippen LogP contribution in [-0.2, 0) is 26.7 Å². The Morgan fingerprint density at radius 2 is 2.07 bits per heavy atom. The van der Waals surface area contributed by atoms with Crippen molar-refractivity contribution in [1.82, 2.24) is 29.3 Å². The Labute approximate surface area is 156 Å². The fourth-order valence-electron chi connectivity index (χ4n) is 3.27. The third-order valence-corrected chi connectivity index (χ3v) is 4.75. The Balaban J connectivity index is 1.42. The zero-order chi connectivity index (χ0) is 18.8. The topological polar surface area (TPSA) is 85.0 Å². The maximum atomic E-state index is 12.6. The molecule has 8 heteroatoms. The van der Waals surface area contributed by atoms with Gasteiger partial charge in [-0.1, -0.05) is 0 Å². The van der Waals surface area contributed by atoms with Crippen molar-refractivity contribution >= 4 is 11.8 Å². The van der Waals surface area contributed by atoms with Crippen LogP contribution in [0.4, 0.5) is 0 Å². The van der Waals surface area contributed by atoms with Gasteiger partial charge in [-0.3, -0.25) is 14.6 Å². The van der Waals surface area contributed by atoms with Crippen LogP contribution in [0.15, 0.2) is 49.1 Å². The lowest BCUT2D eigenvalue weighted by Gasteiger charge is -2.28. The minimum absolute atomic E-state index is 0.0455. The fraction of sp³-hybridized carbons (Fsp3) is 0.263. The second kappa shape index (κ2) is 7.06. The van der Waals surface area contributed by atoms with E-state index in [0.29, 0.717) is 37.4 Å². The van der Waals surface area contributed by atoms with Gasteiger partial charge in [0.05, 0.1) is 30.5 Å². The van der Waals surface area contributed by atoms with Crippen molar-refractivity contribution in [2.45, 2.75) is 19.6 Å². The fourth-order valence-corrected chi connectivity index (χ4v) is 3.27. The van der Waals surface area contributed by atoms with Gasteiger partial charge in [-0.05, 0) is 24.3 Å². The standard InChI is InChI=1S/C19H20N6O2/c1-23-7-3-5-16(23)18(26)22-12-15-11-21-17-13-24(8-9-25(15)17)19(27)14-4-2-6-20-10-14/h2-7,10-11H,8-9,12-13H2,1H3,(H,22,26). The second-order valence-corrected chi connectivity index (χ2v) is 6.47. The molecule has 27 heavy (non-hydrogen) atoms. The molecule has 1 aliphatic heterocycles. The highest BCUT2D eigenvalue weighted by molar-refractivity contribution is 5.94. The van der Waals surface area contributed by atoms with Gasteiger partial charge in [0.15, 0.2) is 0 Å². The predicted octanol–water partition coefficient (Wildman–Crippen LogP) is 1.20. The van der Waals surface area contributed by atoms with Gasteiger partial charge in [0.25, 0.3) is 11.8 Å². The molecule has 3 aromatic rings. The monoisotopic (exact) mass is 364 g/mol. The van der Waals surface area contributed by atoms with Crippen molar-refractivity contribution in [1.29, 1.82) is 0 Å². The first-order valence-corrected chi connectivity index (χ1v) is 8.75. The molecule has 0 saturated heterocycles. The summed E-state index contributed by atoms with van der Waals surface area (Å²) < 4.78 is 3.85. The number of hydrogen-bond acceptors (Lipinski definition) is 4. The number of amides is 2. The van der Waals surface area contributed by atoms with E-state index < -0.39 is 0 Å². The average molecular weight is 364 g/mol. The van der Waals surface area contributed by atoms with Crippen molar-refractivity contribution < 1.29 is 9.59 Å². The molecular weight excluding hydrogens is 344 g/mol. The van der Waals surface area contributed by atoms with Crippen molar-refractivity contribution in [2.24, 2.45) is 7.05 Å². The summed E-state index contributed by atoms with van der Waals surface area (Å²) >= 11 is 0. The Morgan fingerprint density at radius 3 is 2.81 bits per heavy atom. The van der Waals surface area contributed by atoms with Crippen LogP contribution in [0, 0.1) is 0 Å². The Morgan fingerprint density at radius 1 is 1.19 bits per heavy atom. The molecule has 0 spiro atoms. The van der Waals surface area contributed by atoms with Crippen molar-refractivity contribution in [3.63, 3.8) is 0 Å². The number of aryl methyl sites for hydroxylation is 1. The molecule has 138 valence electrons. The minimum atomic E-state index is -0.123. The Hall–Kier alpha value is -3.42. The van der Waals surface area contributed by atoms with E-state index in [-0.39, 0.29) is 11.8 Å². The smallest absolute Gasteiger partial charge is 0.268 e. The first kappa shape index (κ1) is 17.0. The van der Waals surface area contributed by atoms with Gasteiger partial charge in [-0.25, -0.2) is 4.98 Å². The van der Waals surface area contributed by atoms with E-state index in [2.05, 4.69) is 19.9 Å². The average Bonchev–Trinajstić information content (AvgIpc) is 3.31.